The minimum atomic E-state index is -0.140. The van der Waals surface area contributed by atoms with Gasteiger partial charge in [-0.15, -0.1) is 0 Å². The summed E-state index contributed by atoms with van der Waals surface area (Å²) in [5.74, 6) is 0.770. The van der Waals surface area contributed by atoms with Gasteiger partial charge in [0, 0.05) is 34.5 Å². The van der Waals surface area contributed by atoms with Crippen molar-refractivity contribution in [3.8, 4) is 39.3 Å². The first-order chi connectivity index (χ1) is 16.2. The van der Waals surface area contributed by atoms with E-state index in [0.717, 1.165) is 55.7 Å². The van der Waals surface area contributed by atoms with Gasteiger partial charge in [0.2, 0.25) is 0 Å². The van der Waals surface area contributed by atoms with Crippen molar-refractivity contribution in [2.75, 3.05) is 7.11 Å². The van der Waals surface area contributed by atoms with Crippen LogP contribution in [-0.2, 0) is 6.61 Å². The molecule has 3 aromatic carbocycles. The largest absolute Gasteiger partial charge is 0.497 e. The van der Waals surface area contributed by atoms with Crippen LogP contribution in [0.15, 0.2) is 91.3 Å². The molecule has 0 atom stereocenters. The quantitative estimate of drug-likeness (QED) is 0.319. The lowest BCUT2D eigenvalue weighted by Crippen LogP contribution is -1.97. The Labute approximate surface area is 197 Å². The summed E-state index contributed by atoms with van der Waals surface area (Å²) in [6.45, 7) is -0.140. The summed E-state index contributed by atoms with van der Waals surface area (Å²) in [5.41, 5.74) is 6.97. The van der Waals surface area contributed by atoms with E-state index in [0.29, 0.717) is 5.02 Å². The van der Waals surface area contributed by atoms with Crippen molar-refractivity contribution in [2.45, 2.75) is 6.61 Å². The zero-order valence-corrected chi connectivity index (χ0v) is 18.8. The molecule has 4 nitrogen and oxygen atoms in total. The summed E-state index contributed by atoms with van der Waals surface area (Å²) < 4.78 is 5.26. The Morgan fingerprint density at radius 3 is 2.30 bits per heavy atom. The number of aliphatic hydroxyl groups excluding tert-OH is 1. The second kappa shape index (κ2) is 9.02. The molecule has 0 unspecified atom stereocenters. The first-order valence-electron chi connectivity index (χ1n) is 10.6. The Morgan fingerprint density at radius 1 is 0.818 bits per heavy atom. The fourth-order valence-corrected chi connectivity index (χ4v) is 4.38. The van der Waals surface area contributed by atoms with Crippen LogP contribution in [0.5, 0.6) is 5.75 Å². The standard InChI is InChI=1S/C28H21ClN2O2/c1-33-21-10-7-19(8-11-21)28-25(17-32)22(13-14-30-28)20-9-12-26-23(15-20)27(29)24(16-31-26)18-5-3-2-4-6-18/h2-16,32H,17H2,1H3. The molecule has 2 heterocycles. The van der Waals surface area contributed by atoms with Gasteiger partial charge in [0.15, 0.2) is 0 Å². The molecule has 162 valence electrons. The number of pyridine rings is 2. The number of aromatic nitrogens is 2. The molecule has 0 aliphatic carbocycles. The highest BCUT2D eigenvalue weighted by molar-refractivity contribution is 6.38. The molecule has 33 heavy (non-hydrogen) atoms. The van der Waals surface area contributed by atoms with Gasteiger partial charge in [0.05, 0.1) is 29.9 Å². The smallest absolute Gasteiger partial charge is 0.118 e. The van der Waals surface area contributed by atoms with E-state index in [1.807, 2.05) is 85.1 Å². The van der Waals surface area contributed by atoms with Crippen LogP contribution in [0.2, 0.25) is 5.02 Å². The summed E-state index contributed by atoms with van der Waals surface area (Å²) in [6, 6.07) is 25.5. The fraction of sp³-hybridized carbons (Fsp3) is 0.0714. The minimum Gasteiger partial charge on any atom is -0.497 e. The van der Waals surface area contributed by atoms with E-state index in [2.05, 4.69) is 9.97 Å². The highest BCUT2D eigenvalue weighted by atomic mass is 35.5. The number of halogens is 1. The van der Waals surface area contributed by atoms with E-state index in [1.165, 1.54) is 0 Å². The molecule has 0 aliphatic heterocycles. The molecule has 0 bridgehead atoms. The van der Waals surface area contributed by atoms with Crippen molar-refractivity contribution in [1.82, 2.24) is 9.97 Å². The molecular weight excluding hydrogens is 432 g/mol. The van der Waals surface area contributed by atoms with E-state index in [-0.39, 0.29) is 6.61 Å². The maximum atomic E-state index is 10.3. The molecule has 5 aromatic rings. The van der Waals surface area contributed by atoms with Gasteiger partial charge in [-0.25, -0.2) is 0 Å². The molecule has 1 N–H and O–H groups in total. The Morgan fingerprint density at radius 2 is 1.58 bits per heavy atom. The van der Waals surface area contributed by atoms with Crippen molar-refractivity contribution < 1.29 is 9.84 Å². The van der Waals surface area contributed by atoms with Crippen LogP contribution in [0, 0.1) is 0 Å². The van der Waals surface area contributed by atoms with Crippen LogP contribution in [-0.4, -0.2) is 22.2 Å². The highest BCUT2D eigenvalue weighted by Gasteiger charge is 2.15. The number of benzene rings is 3. The predicted molar refractivity (Wildman–Crippen MR) is 133 cm³/mol. The van der Waals surface area contributed by atoms with Crippen molar-refractivity contribution in [2.24, 2.45) is 0 Å². The van der Waals surface area contributed by atoms with Crippen molar-refractivity contribution >= 4 is 22.5 Å². The minimum absolute atomic E-state index is 0.140. The van der Waals surface area contributed by atoms with E-state index in [1.54, 1.807) is 13.3 Å². The van der Waals surface area contributed by atoms with Crippen LogP contribution >= 0.6 is 11.6 Å². The van der Waals surface area contributed by atoms with E-state index in [4.69, 9.17) is 16.3 Å². The van der Waals surface area contributed by atoms with Crippen LogP contribution in [0.4, 0.5) is 0 Å². The zero-order valence-electron chi connectivity index (χ0n) is 18.0. The van der Waals surface area contributed by atoms with Gasteiger partial charge in [-0.2, -0.15) is 0 Å². The SMILES string of the molecule is COc1ccc(-c2nccc(-c3ccc4ncc(-c5ccccc5)c(Cl)c4c3)c2CO)cc1. The van der Waals surface area contributed by atoms with Crippen LogP contribution < -0.4 is 4.74 Å². The number of ether oxygens (including phenoxy) is 1. The Hall–Kier alpha value is -3.73. The number of rotatable bonds is 5. The third-order valence-corrected chi connectivity index (χ3v) is 6.18. The predicted octanol–water partition coefficient (Wildman–Crippen LogP) is 6.79. The van der Waals surface area contributed by atoms with Crippen LogP contribution in [0.1, 0.15) is 5.56 Å². The molecule has 0 saturated carbocycles. The second-order valence-electron chi connectivity index (χ2n) is 7.66. The molecule has 0 amide bonds. The van der Waals surface area contributed by atoms with Gasteiger partial charge in [-0.05, 0) is 59.2 Å². The van der Waals surface area contributed by atoms with Crippen molar-refractivity contribution in [3.05, 3.63) is 102 Å². The zero-order chi connectivity index (χ0) is 22.8. The molecule has 0 spiro atoms. The number of nitrogens with zero attached hydrogens (tertiary/aromatic N) is 2. The summed E-state index contributed by atoms with van der Waals surface area (Å²) in [5, 5.41) is 11.8. The first-order valence-corrected chi connectivity index (χ1v) is 10.9. The van der Waals surface area contributed by atoms with Crippen molar-refractivity contribution in [1.29, 1.82) is 0 Å². The lowest BCUT2D eigenvalue weighted by molar-refractivity contribution is 0.282. The van der Waals surface area contributed by atoms with E-state index < -0.39 is 0 Å². The Balaban J connectivity index is 1.65. The van der Waals surface area contributed by atoms with Gasteiger partial charge in [-0.3, -0.25) is 9.97 Å². The fourth-order valence-electron chi connectivity index (χ4n) is 4.07. The normalized spacial score (nSPS) is 11.0. The first kappa shape index (κ1) is 21.1. The Bertz CT molecular complexity index is 1430. The van der Waals surface area contributed by atoms with Crippen molar-refractivity contribution in [3.63, 3.8) is 0 Å². The number of fused-ring (bicyclic) bond motifs is 1. The highest BCUT2D eigenvalue weighted by Crippen LogP contribution is 2.37. The summed E-state index contributed by atoms with van der Waals surface area (Å²) in [6.07, 6.45) is 3.57. The van der Waals surface area contributed by atoms with E-state index >= 15 is 0 Å². The number of hydrogen-bond acceptors (Lipinski definition) is 4. The molecule has 2 aromatic heterocycles. The van der Waals surface area contributed by atoms with Crippen LogP contribution in [0.25, 0.3) is 44.4 Å². The van der Waals surface area contributed by atoms with Gasteiger partial charge in [-0.1, -0.05) is 48.0 Å². The lowest BCUT2D eigenvalue weighted by Gasteiger charge is -2.14. The summed E-state index contributed by atoms with van der Waals surface area (Å²) >= 11 is 6.85. The maximum Gasteiger partial charge on any atom is 0.118 e. The molecule has 0 radical (unpaired) electrons. The summed E-state index contributed by atoms with van der Waals surface area (Å²) in [4.78, 5) is 9.18. The average Bonchev–Trinajstić information content (AvgIpc) is 2.89. The van der Waals surface area contributed by atoms with Gasteiger partial charge < -0.3 is 9.84 Å². The Kier molecular flexibility index (Phi) is 5.78. The molecule has 0 saturated heterocycles. The van der Waals surface area contributed by atoms with Gasteiger partial charge >= 0.3 is 0 Å². The molecular formula is C28H21ClN2O2. The number of methoxy groups -OCH3 is 1. The topological polar surface area (TPSA) is 55.2 Å². The lowest BCUT2D eigenvalue weighted by atomic mass is 9.95. The third-order valence-electron chi connectivity index (χ3n) is 5.78. The van der Waals surface area contributed by atoms with Gasteiger partial charge in [0.25, 0.3) is 0 Å². The van der Waals surface area contributed by atoms with E-state index in [9.17, 15) is 5.11 Å². The monoisotopic (exact) mass is 452 g/mol. The number of hydrogen-bond donors (Lipinski definition) is 1. The molecule has 5 heteroatoms. The van der Waals surface area contributed by atoms with Gasteiger partial charge in [0.1, 0.15) is 5.75 Å². The molecule has 0 aliphatic rings. The average molecular weight is 453 g/mol. The third kappa shape index (κ3) is 3.95. The molecule has 5 rings (SSSR count). The summed E-state index contributed by atoms with van der Waals surface area (Å²) in [7, 11) is 1.63. The van der Waals surface area contributed by atoms with Crippen LogP contribution in [0.3, 0.4) is 0 Å². The molecule has 0 fully saturated rings. The number of aliphatic hydroxyl groups is 1. The maximum absolute atomic E-state index is 10.3. The second-order valence-corrected chi connectivity index (χ2v) is 8.03.